The van der Waals surface area contributed by atoms with Crippen LogP contribution < -0.4 is 14.8 Å². The number of esters is 1. The van der Waals surface area contributed by atoms with Gasteiger partial charge >= 0.3 is 5.97 Å². The number of aromatic nitrogens is 4. The molecule has 1 aliphatic rings. The lowest BCUT2D eigenvalue weighted by Gasteiger charge is -2.39. The first-order chi connectivity index (χ1) is 28.0. The number of amides is 1. The first-order valence-corrected chi connectivity index (χ1v) is 18.4. The molecule has 0 spiro atoms. The van der Waals surface area contributed by atoms with Crippen LogP contribution in [0.3, 0.4) is 0 Å². The van der Waals surface area contributed by atoms with Crippen molar-refractivity contribution in [3.63, 3.8) is 0 Å². The first-order valence-electron chi connectivity index (χ1n) is 18.4. The van der Waals surface area contributed by atoms with Gasteiger partial charge < -0.3 is 29.0 Å². The van der Waals surface area contributed by atoms with Crippen molar-refractivity contribution in [2.24, 2.45) is 0 Å². The quantitative estimate of drug-likeness (QED) is 0.0924. The van der Waals surface area contributed by atoms with E-state index < -0.39 is 30.0 Å². The van der Waals surface area contributed by atoms with Crippen LogP contribution in [0.1, 0.15) is 50.1 Å². The summed E-state index contributed by atoms with van der Waals surface area (Å²) in [6, 6.07) is 43.2. The molecule has 1 N–H and O–H groups in total. The van der Waals surface area contributed by atoms with Gasteiger partial charge in [-0.05, 0) is 65.2 Å². The zero-order valence-corrected chi connectivity index (χ0v) is 31.2. The number of nitrogens with one attached hydrogen (secondary N) is 1. The van der Waals surface area contributed by atoms with E-state index in [1.165, 1.54) is 6.33 Å². The van der Waals surface area contributed by atoms with Gasteiger partial charge in [-0.1, -0.05) is 91.0 Å². The van der Waals surface area contributed by atoms with Gasteiger partial charge in [0.25, 0.3) is 5.91 Å². The van der Waals surface area contributed by atoms with Crippen molar-refractivity contribution in [2.75, 3.05) is 26.1 Å². The fraction of sp³-hybridized carbons (Fsp3) is 0.178. The molecule has 7 aromatic rings. The first kappa shape index (κ1) is 37.1. The molecule has 1 amide bonds. The second-order valence-electron chi connectivity index (χ2n) is 13.4. The number of anilines is 1. The normalized spacial score (nSPS) is 16.6. The van der Waals surface area contributed by atoms with Gasteiger partial charge in [0.1, 0.15) is 42.4 Å². The lowest BCUT2D eigenvalue weighted by atomic mass is 9.79. The minimum Gasteiger partial charge on any atom is -0.497 e. The number of carbonyl (C=O) groups is 2. The monoisotopic (exact) mass is 761 g/mol. The molecule has 3 atom stereocenters. The predicted octanol–water partition coefficient (Wildman–Crippen LogP) is 7.62. The summed E-state index contributed by atoms with van der Waals surface area (Å²) < 4.78 is 33.0. The van der Waals surface area contributed by atoms with E-state index in [1.807, 2.05) is 91.0 Å². The van der Waals surface area contributed by atoms with Crippen molar-refractivity contribution in [1.29, 1.82) is 0 Å². The van der Waals surface area contributed by atoms with Crippen LogP contribution in [0.15, 0.2) is 152 Å². The Kier molecular flexibility index (Phi) is 10.7. The number of rotatable bonds is 13. The van der Waals surface area contributed by atoms with Crippen LogP contribution >= 0.6 is 0 Å². The SMILES string of the molecule is COc1ccc(C(O[C@H]2C[C@H](n3cnc4c(NC(=O)c5ccccc5)ncnc43)O[C@@H]2COC(=O)c2ccccc2)(c2ccccc2)c2ccc(OC)cc2)cc1. The van der Waals surface area contributed by atoms with Crippen molar-refractivity contribution >= 4 is 28.9 Å². The van der Waals surface area contributed by atoms with E-state index in [-0.39, 0.29) is 18.3 Å². The van der Waals surface area contributed by atoms with Gasteiger partial charge in [-0.15, -0.1) is 0 Å². The van der Waals surface area contributed by atoms with Crippen LogP contribution in [0, 0.1) is 0 Å². The highest BCUT2D eigenvalue weighted by atomic mass is 16.6. The van der Waals surface area contributed by atoms with Crippen molar-refractivity contribution in [3.8, 4) is 11.5 Å². The number of carbonyl (C=O) groups excluding carboxylic acids is 2. The molecule has 12 heteroatoms. The molecule has 5 aromatic carbocycles. The van der Waals surface area contributed by atoms with Crippen LogP contribution in [0.2, 0.25) is 0 Å². The van der Waals surface area contributed by atoms with E-state index in [0.29, 0.717) is 40.2 Å². The summed E-state index contributed by atoms with van der Waals surface area (Å²) in [4.78, 5) is 39.9. The van der Waals surface area contributed by atoms with Crippen molar-refractivity contribution in [3.05, 3.63) is 180 Å². The van der Waals surface area contributed by atoms with E-state index >= 15 is 0 Å². The molecule has 0 aliphatic carbocycles. The zero-order valence-electron chi connectivity index (χ0n) is 31.2. The average molecular weight is 762 g/mol. The van der Waals surface area contributed by atoms with Crippen molar-refractivity contribution in [2.45, 2.75) is 30.5 Å². The van der Waals surface area contributed by atoms with E-state index in [1.54, 1.807) is 73.6 Å². The van der Waals surface area contributed by atoms with Crippen LogP contribution in [0.4, 0.5) is 5.82 Å². The number of methoxy groups -OCH3 is 2. The van der Waals surface area contributed by atoms with Gasteiger partial charge in [-0.25, -0.2) is 19.7 Å². The van der Waals surface area contributed by atoms with Gasteiger partial charge in [0.05, 0.1) is 32.2 Å². The topological polar surface area (TPSA) is 136 Å². The molecular formula is C45H39N5O7. The fourth-order valence-electron chi connectivity index (χ4n) is 7.14. The molecule has 1 fully saturated rings. The van der Waals surface area contributed by atoms with E-state index in [0.717, 1.165) is 16.7 Å². The maximum absolute atomic E-state index is 13.3. The number of hydrogen-bond acceptors (Lipinski definition) is 10. The minimum atomic E-state index is -1.18. The number of imidazole rings is 1. The Bertz CT molecular complexity index is 2400. The summed E-state index contributed by atoms with van der Waals surface area (Å²) in [5, 5.41) is 2.87. The van der Waals surface area contributed by atoms with E-state index in [4.69, 9.17) is 23.7 Å². The standard InChI is InChI=1S/C45H39N5O7/c1-53-35-22-18-33(19-23-35)45(32-16-10-5-11-17-32,34-20-24-36(54-2)25-21-34)57-37-26-39(56-38(37)27-55-44(52)31-14-8-4-9-15-31)50-29-48-40-41(46-28-47-42(40)50)49-43(51)30-12-6-3-7-13-30/h3-25,28-29,37-39H,26-27H2,1-2H3,(H,46,47,49,51)/t37-,38+,39+/m0/s1. The Hall–Kier alpha value is -6.89. The Labute approximate surface area is 329 Å². The number of nitrogens with zero attached hydrogens (tertiary/aromatic N) is 4. The molecule has 12 nitrogen and oxygen atoms in total. The largest absolute Gasteiger partial charge is 0.497 e. The van der Waals surface area contributed by atoms with Crippen LogP contribution in [-0.2, 0) is 19.8 Å². The second-order valence-corrected chi connectivity index (χ2v) is 13.4. The average Bonchev–Trinajstić information content (AvgIpc) is 3.90. The van der Waals surface area contributed by atoms with E-state index in [2.05, 4.69) is 20.3 Å². The predicted molar refractivity (Wildman–Crippen MR) is 212 cm³/mol. The van der Waals surface area contributed by atoms with Crippen LogP contribution in [-0.4, -0.2) is 64.4 Å². The third kappa shape index (κ3) is 7.56. The number of benzene rings is 5. The molecule has 0 radical (unpaired) electrons. The Morgan fingerprint density at radius 3 is 1.88 bits per heavy atom. The number of fused-ring (bicyclic) bond motifs is 1. The summed E-state index contributed by atoms with van der Waals surface area (Å²) in [7, 11) is 3.25. The smallest absolute Gasteiger partial charge is 0.338 e. The maximum atomic E-state index is 13.3. The van der Waals surface area contributed by atoms with E-state index in [9.17, 15) is 9.59 Å². The molecule has 0 bridgehead atoms. The third-order valence-electron chi connectivity index (χ3n) is 10.0. The molecule has 1 aliphatic heterocycles. The summed E-state index contributed by atoms with van der Waals surface area (Å²) in [5.41, 5.74) is 3.08. The number of hydrogen-bond donors (Lipinski definition) is 1. The third-order valence-corrected chi connectivity index (χ3v) is 10.0. The Balaban J connectivity index is 1.19. The molecule has 1 saturated heterocycles. The summed E-state index contributed by atoms with van der Waals surface area (Å²) in [6.07, 6.45) is 1.24. The minimum absolute atomic E-state index is 0.106. The Morgan fingerprint density at radius 2 is 1.28 bits per heavy atom. The van der Waals surface area contributed by atoms with Crippen molar-refractivity contribution in [1.82, 2.24) is 19.5 Å². The Morgan fingerprint density at radius 1 is 0.719 bits per heavy atom. The van der Waals surface area contributed by atoms with Gasteiger partial charge in [0.2, 0.25) is 0 Å². The lowest BCUT2D eigenvalue weighted by molar-refractivity contribution is -0.101. The molecule has 286 valence electrons. The molecule has 8 rings (SSSR count). The number of ether oxygens (including phenoxy) is 5. The van der Waals surface area contributed by atoms with Crippen molar-refractivity contribution < 1.29 is 33.3 Å². The molecule has 0 unspecified atom stereocenters. The van der Waals surface area contributed by atoms with Crippen LogP contribution in [0.25, 0.3) is 11.2 Å². The van der Waals surface area contributed by atoms with Gasteiger partial charge in [0, 0.05) is 12.0 Å². The highest BCUT2D eigenvalue weighted by Gasteiger charge is 2.47. The van der Waals surface area contributed by atoms with Gasteiger partial charge in [0.15, 0.2) is 17.0 Å². The van der Waals surface area contributed by atoms with Crippen LogP contribution in [0.5, 0.6) is 11.5 Å². The highest BCUT2D eigenvalue weighted by molar-refractivity contribution is 6.06. The zero-order chi connectivity index (χ0) is 39.2. The van der Waals surface area contributed by atoms with Gasteiger partial charge in [-0.3, -0.25) is 9.36 Å². The highest BCUT2D eigenvalue weighted by Crippen LogP contribution is 2.46. The summed E-state index contributed by atoms with van der Waals surface area (Å²) >= 11 is 0. The molecule has 0 saturated carbocycles. The molecule has 57 heavy (non-hydrogen) atoms. The molecule has 3 heterocycles. The second kappa shape index (κ2) is 16.5. The molecular weight excluding hydrogens is 723 g/mol. The summed E-state index contributed by atoms with van der Waals surface area (Å²) in [5.74, 6) is 0.831. The summed E-state index contributed by atoms with van der Waals surface area (Å²) in [6.45, 7) is -0.106. The van der Waals surface area contributed by atoms with Gasteiger partial charge in [-0.2, -0.15) is 0 Å². The fourth-order valence-corrected chi connectivity index (χ4v) is 7.14. The lowest BCUT2D eigenvalue weighted by Crippen LogP contribution is -2.41. The molecule has 2 aromatic heterocycles. The maximum Gasteiger partial charge on any atom is 0.338 e.